The molecular formula is C34H46N4O5. The van der Waals surface area contributed by atoms with E-state index in [0.717, 1.165) is 45.6 Å². The highest BCUT2D eigenvalue weighted by atomic mass is 16.5. The minimum absolute atomic E-state index is 0.272. The van der Waals surface area contributed by atoms with Crippen LogP contribution in [-0.2, 0) is 26.4 Å². The number of hydrogen-bond donors (Lipinski definition) is 8. The van der Waals surface area contributed by atoms with Gasteiger partial charge in [-0.1, -0.05) is 0 Å². The Kier molecular flexibility index (Phi) is 6.95. The van der Waals surface area contributed by atoms with Gasteiger partial charge >= 0.3 is 0 Å². The van der Waals surface area contributed by atoms with Gasteiger partial charge in [0.1, 0.15) is 24.4 Å². The summed E-state index contributed by atoms with van der Waals surface area (Å²) in [6, 6.07) is 17.0. The topological polar surface area (TPSA) is 153 Å². The average molecular weight is 591 g/mol. The Labute approximate surface area is 252 Å². The molecule has 6 rings (SSSR count). The van der Waals surface area contributed by atoms with E-state index in [0.29, 0.717) is 0 Å². The van der Waals surface area contributed by atoms with E-state index in [4.69, 9.17) is 4.74 Å². The van der Waals surface area contributed by atoms with Crippen LogP contribution in [0, 0.1) is 0 Å². The molecule has 0 amide bonds. The summed E-state index contributed by atoms with van der Waals surface area (Å²) in [5, 5.41) is 41.9. The molecule has 8 N–H and O–H groups in total. The number of nitrogens with one attached hydrogen (secondary N) is 4. The van der Waals surface area contributed by atoms with Gasteiger partial charge in [0.25, 0.3) is 0 Å². The highest BCUT2D eigenvalue weighted by Crippen LogP contribution is 2.43. The lowest BCUT2D eigenvalue weighted by atomic mass is 9.76. The van der Waals surface area contributed by atoms with Gasteiger partial charge in [0.2, 0.25) is 0 Å². The third-order valence-electron chi connectivity index (χ3n) is 10.6. The van der Waals surface area contributed by atoms with Crippen LogP contribution in [0.3, 0.4) is 0 Å². The van der Waals surface area contributed by atoms with Crippen LogP contribution in [-0.4, -0.2) is 77.5 Å². The van der Waals surface area contributed by atoms with Crippen LogP contribution in [0.4, 0.5) is 0 Å². The van der Waals surface area contributed by atoms with E-state index < -0.39 is 42.5 Å². The molecule has 2 aliphatic rings. The maximum atomic E-state index is 11.0. The van der Waals surface area contributed by atoms with E-state index in [1.807, 2.05) is 0 Å². The van der Waals surface area contributed by atoms with Gasteiger partial charge in [0, 0.05) is 61.8 Å². The minimum Gasteiger partial charge on any atom is -0.394 e. The molecule has 1 saturated heterocycles. The standard InChI is InChI=1S/C34H46N4O5/c1-31(2)20-8-10-22(35-20)32(3,4)24-12-14-26(37-24)34(7,16-18-28(40)30(42)29(41)19(17-39)43-18)27-15-13-25(38-27)33(5,6)23-11-9-21(31)36-23/h8-15,18-19,28-30,35-42H,16-17H2,1-7H3/t18-,19+,28-,29+,30+/m0/s1. The molecule has 4 aromatic rings. The number of fused-ring (bicyclic) bond motifs is 8. The van der Waals surface area contributed by atoms with Gasteiger partial charge in [-0.05, 0) is 103 Å². The maximum absolute atomic E-state index is 11.0. The molecule has 0 saturated carbocycles. The van der Waals surface area contributed by atoms with Crippen molar-refractivity contribution >= 4 is 0 Å². The van der Waals surface area contributed by atoms with Crippen LogP contribution in [0.2, 0.25) is 0 Å². The maximum Gasteiger partial charge on any atom is 0.111 e. The SMILES string of the molecule is CC1(C)c2ccc([nH]2)C(C)(C)c2ccc([nH]2)C(C)(C[C@@H]2O[C@H](CO)[C@@H](O)[C@H](O)[C@H]2O)c2ccc([nH]2)C(C)(C)c2ccc1[nH]2. The van der Waals surface area contributed by atoms with Crippen molar-refractivity contribution < 1.29 is 25.2 Å². The van der Waals surface area contributed by atoms with Gasteiger partial charge in [-0.25, -0.2) is 0 Å². The van der Waals surface area contributed by atoms with Crippen LogP contribution in [0.1, 0.15) is 100 Å². The van der Waals surface area contributed by atoms with Crippen LogP contribution in [0.25, 0.3) is 0 Å². The molecule has 43 heavy (non-hydrogen) atoms. The molecule has 0 aromatic carbocycles. The lowest BCUT2D eigenvalue weighted by Crippen LogP contribution is -2.59. The lowest BCUT2D eigenvalue weighted by molar-refractivity contribution is -0.232. The summed E-state index contributed by atoms with van der Waals surface area (Å²) in [6.45, 7) is 14.8. The summed E-state index contributed by atoms with van der Waals surface area (Å²) in [7, 11) is 0. The van der Waals surface area contributed by atoms with Gasteiger partial charge in [0.05, 0.1) is 18.1 Å². The second kappa shape index (κ2) is 9.97. The first-order valence-corrected chi connectivity index (χ1v) is 15.2. The summed E-state index contributed by atoms with van der Waals surface area (Å²) in [5.41, 5.74) is 6.54. The molecule has 2 aliphatic heterocycles. The zero-order valence-electron chi connectivity index (χ0n) is 26.1. The summed E-state index contributed by atoms with van der Waals surface area (Å²) in [5.74, 6) is 0. The number of aliphatic hydroxyl groups excluding tert-OH is 4. The number of ether oxygens (including phenoxy) is 1. The fraction of sp³-hybridized carbons (Fsp3) is 0.529. The number of aromatic nitrogens is 4. The van der Waals surface area contributed by atoms with Crippen molar-refractivity contribution in [1.29, 1.82) is 0 Å². The van der Waals surface area contributed by atoms with E-state index in [9.17, 15) is 20.4 Å². The van der Waals surface area contributed by atoms with E-state index in [1.165, 1.54) is 0 Å². The van der Waals surface area contributed by atoms with Crippen molar-refractivity contribution in [3.8, 4) is 0 Å². The fourth-order valence-electron chi connectivity index (χ4n) is 6.96. The second-order valence-corrected chi connectivity index (χ2v) is 14.4. The van der Waals surface area contributed by atoms with E-state index in [2.05, 4.69) is 117 Å². The van der Waals surface area contributed by atoms with E-state index in [1.54, 1.807) is 0 Å². The third kappa shape index (κ3) is 4.56. The fourth-order valence-corrected chi connectivity index (χ4v) is 6.96. The molecule has 0 spiro atoms. The first-order valence-electron chi connectivity index (χ1n) is 15.2. The molecule has 9 heteroatoms. The van der Waals surface area contributed by atoms with Gasteiger partial charge in [0.15, 0.2) is 0 Å². The van der Waals surface area contributed by atoms with Gasteiger partial charge in [-0.3, -0.25) is 0 Å². The predicted octanol–water partition coefficient (Wildman–Crippen LogP) is 3.83. The molecule has 232 valence electrons. The first kappa shape index (κ1) is 30.0. The molecule has 5 atom stereocenters. The van der Waals surface area contributed by atoms with Crippen molar-refractivity contribution in [3.05, 3.63) is 94.1 Å². The van der Waals surface area contributed by atoms with Crippen molar-refractivity contribution in [2.24, 2.45) is 0 Å². The zero-order valence-corrected chi connectivity index (χ0v) is 26.1. The highest BCUT2D eigenvalue weighted by molar-refractivity contribution is 5.43. The van der Waals surface area contributed by atoms with Crippen molar-refractivity contribution in [3.63, 3.8) is 0 Å². The Bertz CT molecular complexity index is 1510. The highest BCUT2D eigenvalue weighted by Gasteiger charge is 2.47. The van der Waals surface area contributed by atoms with Crippen molar-refractivity contribution in [2.75, 3.05) is 6.61 Å². The monoisotopic (exact) mass is 590 g/mol. The van der Waals surface area contributed by atoms with Gasteiger partial charge in [-0.2, -0.15) is 0 Å². The van der Waals surface area contributed by atoms with E-state index in [-0.39, 0.29) is 22.7 Å². The first-order chi connectivity index (χ1) is 20.1. The van der Waals surface area contributed by atoms with Gasteiger partial charge in [-0.15, -0.1) is 0 Å². The Hall–Kier alpha value is -3.08. The molecule has 8 bridgehead atoms. The number of aromatic amines is 4. The smallest absolute Gasteiger partial charge is 0.111 e. The molecule has 4 aromatic heterocycles. The summed E-state index contributed by atoms with van der Waals surface area (Å²) in [4.78, 5) is 14.9. The Morgan fingerprint density at radius 2 is 0.814 bits per heavy atom. The Morgan fingerprint density at radius 3 is 1.16 bits per heavy atom. The minimum atomic E-state index is -1.43. The Morgan fingerprint density at radius 1 is 0.512 bits per heavy atom. The van der Waals surface area contributed by atoms with Crippen LogP contribution < -0.4 is 0 Å². The molecule has 9 nitrogen and oxygen atoms in total. The Balaban J connectivity index is 1.52. The summed E-state index contributed by atoms with van der Waals surface area (Å²) >= 11 is 0. The average Bonchev–Trinajstić information content (AvgIpc) is 3.78. The number of rotatable bonds is 3. The van der Waals surface area contributed by atoms with E-state index >= 15 is 0 Å². The molecule has 0 radical (unpaired) electrons. The molecular weight excluding hydrogens is 544 g/mol. The quantitative estimate of drug-likeness (QED) is 0.182. The largest absolute Gasteiger partial charge is 0.394 e. The predicted molar refractivity (Wildman–Crippen MR) is 164 cm³/mol. The second-order valence-electron chi connectivity index (χ2n) is 14.4. The molecule has 0 unspecified atom stereocenters. The molecule has 6 heterocycles. The summed E-state index contributed by atoms with van der Waals surface area (Å²) in [6.07, 6.45) is -5.70. The lowest BCUT2D eigenvalue weighted by Gasteiger charge is -2.43. The summed E-state index contributed by atoms with van der Waals surface area (Å²) < 4.78 is 6.03. The molecule has 0 aliphatic carbocycles. The van der Waals surface area contributed by atoms with Crippen LogP contribution in [0.5, 0.6) is 0 Å². The normalized spacial score (nSPS) is 29.0. The number of aliphatic hydroxyl groups is 4. The van der Waals surface area contributed by atoms with Crippen LogP contribution in [0.15, 0.2) is 48.5 Å². The van der Waals surface area contributed by atoms with Gasteiger partial charge < -0.3 is 45.1 Å². The number of hydrogen-bond acceptors (Lipinski definition) is 5. The van der Waals surface area contributed by atoms with Crippen molar-refractivity contribution in [1.82, 2.24) is 19.9 Å². The zero-order chi connectivity index (χ0) is 31.1. The number of H-pyrrole nitrogens is 4. The third-order valence-corrected chi connectivity index (χ3v) is 10.6. The van der Waals surface area contributed by atoms with Crippen LogP contribution >= 0.6 is 0 Å². The van der Waals surface area contributed by atoms with Crippen molar-refractivity contribution in [2.45, 2.75) is 107 Å². The molecule has 1 fully saturated rings.